The highest BCUT2D eigenvalue weighted by atomic mass is 19.4. The Kier molecular flexibility index (Phi) is 3.52. The minimum absolute atomic E-state index is 0.0341. The third-order valence-corrected chi connectivity index (χ3v) is 3.44. The number of likely N-dealkylation sites (N-methyl/N-ethyl adjacent to an activating group) is 1. The first-order valence-electron chi connectivity index (χ1n) is 5.17. The summed E-state index contributed by atoms with van der Waals surface area (Å²) in [6.07, 6.45) is -4.03. The summed E-state index contributed by atoms with van der Waals surface area (Å²) in [5.74, 6) is -2.66. The minimum Gasteiger partial charge on any atom is -0.480 e. The Bertz CT molecular complexity index is 278. The summed E-state index contributed by atoms with van der Waals surface area (Å²) in [5, 5.41) is 9.13. The summed E-state index contributed by atoms with van der Waals surface area (Å²) in [5.41, 5.74) is -1.36. The molecule has 1 rings (SSSR count). The molecule has 94 valence electrons. The van der Waals surface area contributed by atoms with E-state index in [1.54, 1.807) is 0 Å². The van der Waals surface area contributed by atoms with Crippen LogP contribution in [-0.4, -0.2) is 41.8 Å². The molecule has 0 aromatic rings. The quantitative estimate of drug-likeness (QED) is 0.802. The fourth-order valence-corrected chi connectivity index (χ4v) is 2.32. The number of hydrogen-bond donors (Lipinski definition) is 1. The van der Waals surface area contributed by atoms with Gasteiger partial charge in [-0.3, -0.25) is 9.69 Å². The van der Waals surface area contributed by atoms with Crippen LogP contribution in [0, 0.1) is 5.92 Å². The highest BCUT2D eigenvalue weighted by Crippen LogP contribution is 2.43. The first-order chi connectivity index (χ1) is 7.20. The number of nitrogens with zero attached hydrogens (tertiary/aromatic N) is 1. The molecule has 0 spiro atoms. The van der Waals surface area contributed by atoms with Crippen molar-refractivity contribution in [3.05, 3.63) is 0 Å². The van der Waals surface area contributed by atoms with Gasteiger partial charge >= 0.3 is 12.1 Å². The van der Waals surface area contributed by atoms with Crippen LogP contribution in [-0.2, 0) is 4.79 Å². The smallest absolute Gasteiger partial charge is 0.391 e. The highest BCUT2D eigenvalue weighted by Gasteiger charge is 2.52. The van der Waals surface area contributed by atoms with Gasteiger partial charge in [0, 0.05) is 0 Å². The number of halogens is 3. The normalized spacial score (nSPS) is 31.8. The van der Waals surface area contributed by atoms with Crippen LogP contribution in [0.25, 0.3) is 0 Å². The SMILES string of the molecule is CN(C)C1(C(=O)O)CCCC(C(F)(F)F)C1. The number of aliphatic carboxylic acids is 1. The number of carbonyl (C=O) groups is 1. The molecule has 2 unspecified atom stereocenters. The Labute approximate surface area is 92.2 Å². The maximum absolute atomic E-state index is 12.6. The molecule has 0 saturated heterocycles. The van der Waals surface area contributed by atoms with E-state index in [0.29, 0.717) is 6.42 Å². The molecule has 3 nitrogen and oxygen atoms in total. The molecular weight excluding hydrogens is 223 g/mol. The van der Waals surface area contributed by atoms with E-state index in [2.05, 4.69) is 0 Å². The Hall–Kier alpha value is -0.780. The van der Waals surface area contributed by atoms with Gasteiger partial charge in [-0.25, -0.2) is 0 Å². The second-order valence-electron chi connectivity index (χ2n) is 4.57. The molecular formula is C10H16F3NO2. The van der Waals surface area contributed by atoms with Crippen molar-refractivity contribution in [3.8, 4) is 0 Å². The van der Waals surface area contributed by atoms with Crippen molar-refractivity contribution in [1.29, 1.82) is 0 Å². The molecule has 0 amide bonds. The largest absolute Gasteiger partial charge is 0.480 e. The van der Waals surface area contributed by atoms with Crippen molar-refractivity contribution < 1.29 is 23.1 Å². The summed E-state index contributed by atoms with van der Waals surface area (Å²) in [6, 6.07) is 0. The molecule has 1 saturated carbocycles. The zero-order valence-electron chi connectivity index (χ0n) is 9.34. The molecule has 1 fully saturated rings. The van der Waals surface area contributed by atoms with Gasteiger partial charge in [0.25, 0.3) is 0 Å². The average Bonchev–Trinajstić information content (AvgIpc) is 2.16. The van der Waals surface area contributed by atoms with Gasteiger partial charge in [-0.05, 0) is 33.4 Å². The minimum atomic E-state index is -4.29. The summed E-state index contributed by atoms with van der Waals surface area (Å²) in [4.78, 5) is 12.6. The summed E-state index contributed by atoms with van der Waals surface area (Å²) >= 11 is 0. The average molecular weight is 239 g/mol. The van der Waals surface area contributed by atoms with E-state index in [1.165, 1.54) is 19.0 Å². The number of rotatable bonds is 2. The summed E-state index contributed by atoms with van der Waals surface area (Å²) < 4.78 is 37.8. The van der Waals surface area contributed by atoms with Crippen molar-refractivity contribution in [2.24, 2.45) is 5.92 Å². The zero-order valence-corrected chi connectivity index (χ0v) is 9.34. The van der Waals surface area contributed by atoms with Crippen molar-refractivity contribution in [2.45, 2.75) is 37.4 Å². The van der Waals surface area contributed by atoms with Gasteiger partial charge < -0.3 is 5.11 Å². The lowest BCUT2D eigenvalue weighted by Crippen LogP contribution is -2.55. The molecule has 2 atom stereocenters. The van der Waals surface area contributed by atoms with E-state index in [0.717, 1.165) is 0 Å². The lowest BCUT2D eigenvalue weighted by molar-refractivity contribution is -0.196. The molecule has 0 aliphatic heterocycles. The molecule has 6 heteroatoms. The van der Waals surface area contributed by atoms with Gasteiger partial charge in [-0.15, -0.1) is 0 Å². The molecule has 0 aromatic carbocycles. The van der Waals surface area contributed by atoms with Crippen LogP contribution >= 0.6 is 0 Å². The molecule has 0 radical (unpaired) electrons. The number of hydrogen-bond acceptors (Lipinski definition) is 2. The summed E-state index contributed by atoms with van der Waals surface area (Å²) in [7, 11) is 3.04. The summed E-state index contributed by atoms with van der Waals surface area (Å²) in [6.45, 7) is 0. The second-order valence-corrected chi connectivity index (χ2v) is 4.57. The van der Waals surface area contributed by atoms with E-state index in [4.69, 9.17) is 5.11 Å². The van der Waals surface area contributed by atoms with Crippen LogP contribution in [0.1, 0.15) is 25.7 Å². The van der Waals surface area contributed by atoms with Gasteiger partial charge in [-0.1, -0.05) is 6.42 Å². The topological polar surface area (TPSA) is 40.5 Å². The van der Waals surface area contributed by atoms with Crippen LogP contribution < -0.4 is 0 Å². The number of carboxylic acid groups (broad SMARTS) is 1. The molecule has 16 heavy (non-hydrogen) atoms. The molecule has 0 aromatic heterocycles. The van der Waals surface area contributed by atoms with Gasteiger partial charge in [0.1, 0.15) is 5.54 Å². The lowest BCUT2D eigenvalue weighted by atomic mass is 9.74. The van der Waals surface area contributed by atoms with Crippen molar-refractivity contribution in [3.63, 3.8) is 0 Å². The first kappa shape index (κ1) is 13.3. The first-order valence-corrected chi connectivity index (χ1v) is 5.17. The maximum atomic E-state index is 12.6. The monoisotopic (exact) mass is 239 g/mol. The molecule has 1 aliphatic carbocycles. The Morgan fingerprint density at radius 3 is 2.38 bits per heavy atom. The van der Waals surface area contributed by atoms with E-state index in [-0.39, 0.29) is 19.3 Å². The van der Waals surface area contributed by atoms with Crippen LogP contribution in [0.2, 0.25) is 0 Å². The fourth-order valence-electron chi connectivity index (χ4n) is 2.32. The van der Waals surface area contributed by atoms with E-state index < -0.39 is 23.6 Å². The Balaban J connectivity index is 2.93. The van der Waals surface area contributed by atoms with Crippen LogP contribution in [0.15, 0.2) is 0 Å². The van der Waals surface area contributed by atoms with Crippen molar-refractivity contribution in [1.82, 2.24) is 4.90 Å². The second kappa shape index (κ2) is 4.24. The number of alkyl halides is 3. The Morgan fingerprint density at radius 1 is 1.44 bits per heavy atom. The predicted octanol–water partition coefficient (Wildman–Crippen LogP) is 2.12. The zero-order chi connectivity index (χ0) is 12.6. The van der Waals surface area contributed by atoms with E-state index in [1.807, 2.05) is 0 Å². The molecule has 0 heterocycles. The van der Waals surface area contributed by atoms with Crippen LogP contribution in [0.4, 0.5) is 13.2 Å². The molecule has 0 bridgehead atoms. The van der Waals surface area contributed by atoms with Gasteiger partial charge in [0.05, 0.1) is 5.92 Å². The highest BCUT2D eigenvalue weighted by molar-refractivity contribution is 5.78. The standard InChI is InChI=1S/C10H16F3NO2/c1-14(2)9(8(15)16)5-3-4-7(6-9)10(11,12)13/h7H,3-6H2,1-2H3,(H,15,16). The third-order valence-electron chi connectivity index (χ3n) is 3.44. The lowest BCUT2D eigenvalue weighted by Gasteiger charge is -2.42. The van der Waals surface area contributed by atoms with Gasteiger partial charge in [0.2, 0.25) is 0 Å². The van der Waals surface area contributed by atoms with Gasteiger partial charge in [-0.2, -0.15) is 13.2 Å². The third kappa shape index (κ3) is 2.31. The van der Waals surface area contributed by atoms with Crippen molar-refractivity contribution in [2.75, 3.05) is 14.1 Å². The number of carboxylic acids is 1. The molecule has 1 aliphatic rings. The van der Waals surface area contributed by atoms with Crippen LogP contribution in [0.5, 0.6) is 0 Å². The predicted molar refractivity (Wildman–Crippen MR) is 52.1 cm³/mol. The van der Waals surface area contributed by atoms with E-state index >= 15 is 0 Å². The Morgan fingerprint density at radius 2 is 2.00 bits per heavy atom. The van der Waals surface area contributed by atoms with E-state index in [9.17, 15) is 18.0 Å². The van der Waals surface area contributed by atoms with Gasteiger partial charge in [0.15, 0.2) is 0 Å². The van der Waals surface area contributed by atoms with Crippen LogP contribution in [0.3, 0.4) is 0 Å². The van der Waals surface area contributed by atoms with Crippen molar-refractivity contribution >= 4 is 5.97 Å². The fraction of sp³-hybridized carbons (Fsp3) is 0.900. The molecule has 1 N–H and O–H groups in total. The maximum Gasteiger partial charge on any atom is 0.391 e.